The first-order chi connectivity index (χ1) is 9.93. The van der Waals surface area contributed by atoms with Crippen LogP contribution >= 0.6 is 0 Å². The fourth-order valence-electron chi connectivity index (χ4n) is 2.25. The van der Waals surface area contributed by atoms with Gasteiger partial charge in [0.25, 0.3) is 5.91 Å². The summed E-state index contributed by atoms with van der Waals surface area (Å²) < 4.78 is 5.75. The summed E-state index contributed by atoms with van der Waals surface area (Å²) in [5.41, 5.74) is 0.890. The number of carbonyl (C=O) groups excluding carboxylic acids is 1. The Bertz CT molecular complexity index is 496. The van der Waals surface area contributed by atoms with Crippen LogP contribution in [0.4, 0.5) is 5.69 Å². The SMILES string of the molecule is CC1O[C@H](C(=O)Nc2ccc([C@@H](O)CO)nc2)[CH]([Al])[C@@H]1C. The predicted molar refractivity (Wildman–Crippen MR) is 77.9 cm³/mol. The Morgan fingerprint density at radius 1 is 1.52 bits per heavy atom. The zero-order valence-electron chi connectivity index (χ0n) is 12.1. The molecule has 3 N–H and O–H groups in total. The Balaban J connectivity index is 2.00. The minimum atomic E-state index is -1.01. The minimum Gasteiger partial charge on any atom is -0.393 e. The lowest BCUT2D eigenvalue weighted by atomic mass is 10.0. The van der Waals surface area contributed by atoms with E-state index in [4.69, 9.17) is 9.84 Å². The third-order valence-corrected chi connectivity index (χ3v) is 4.84. The molecule has 1 aromatic rings. The fourth-order valence-corrected chi connectivity index (χ4v) is 2.83. The molecular weight excluding hydrogens is 287 g/mol. The summed E-state index contributed by atoms with van der Waals surface area (Å²) in [6, 6.07) is 3.20. The highest BCUT2D eigenvalue weighted by Crippen LogP contribution is 2.35. The van der Waals surface area contributed by atoms with Crippen LogP contribution in [0.1, 0.15) is 25.6 Å². The zero-order chi connectivity index (χ0) is 15.6. The van der Waals surface area contributed by atoms with E-state index in [1.165, 1.54) is 6.20 Å². The number of hydrogen-bond acceptors (Lipinski definition) is 5. The van der Waals surface area contributed by atoms with E-state index in [-0.39, 0.29) is 23.4 Å². The average Bonchev–Trinajstić information content (AvgIpc) is 2.75. The number of pyridine rings is 1. The number of aromatic nitrogens is 1. The molecule has 0 saturated carbocycles. The second-order valence-electron chi connectivity index (χ2n) is 5.36. The van der Waals surface area contributed by atoms with Crippen molar-refractivity contribution in [2.45, 2.75) is 36.9 Å². The first-order valence-electron chi connectivity index (χ1n) is 6.90. The number of ether oxygens (including phenoxy) is 1. The number of aliphatic hydroxyl groups excluding tert-OH is 2. The van der Waals surface area contributed by atoms with Crippen molar-refractivity contribution < 1.29 is 19.7 Å². The van der Waals surface area contributed by atoms with Crippen LogP contribution in [-0.2, 0) is 9.53 Å². The van der Waals surface area contributed by atoms with Crippen LogP contribution in [0, 0.1) is 5.92 Å². The number of anilines is 1. The van der Waals surface area contributed by atoms with Crippen molar-refractivity contribution in [3.8, 4) is 0 Å². The Labute approximate surface area is 132 Å². The van der Waals surface area contributed by atoms with Crippen LogP contribution in [0.5, 0.6) is 0 Å². The van der Waals surface area contributed by atoms with Gasteiger partial charge in [-0.2, -0.15) is 0 Å². The Kier molecular flexibility index (Phi) is 5.36. The van der Waals surface area contributed by atoms with Gasteiger partial charge in [-0.1, -0.05) is 11.7 Å². The monoisotopic (exact) mass is 306 g/mol. The number of nitrogens with one attached hydrogen (secondary N) is 1. The minimum absolute atomic E-state index is 0.0449. The van der Waals surface area contributed by atoms with Crippen LogP contribution in [0.3, 0.4) is 0 Å². The molecule has 21 heavy (non-hydrogen) atoms. The van der Waals surface area contributed by atoms with Crippen molar-refractivity contribution >= 4 is 27.9 Å². The number of nitrogens with zero attached hydrogens (tertiary/aromatic N) is 1. The predicted octanol–water partition coefficient (Wildman–Crippen LogP) is 0.426. The first-order valence-corrected chi connectivity index (χ1v) is 7.57. The Morgan fingerprint density at radius 2 is 2.24 bits per heavy atom. The number of aliphatic hydroxyl groups is 2. The van der Waals surface area contributed by atoms with Crippen LogP contribution in [0.2, 0.25) is 4.78 Å². The quantitative estimate of drug-likeness (QED) is 0.702. The maximum atomic E-state index is 12.2. The topological polar surface area (TPSA) is 91.7 Å². The third-order valence-electron chi connectivity index (χ3n) is 3.89. The van der Waals surface area contributed by atoms with Gasteiger partial charge >= 0.3 is 0 Å². The molecule has 2 rings (SSSR count). The van der Waals surface area contributed by atoms with Gasteiger partial charge in [0.05, 0.1) is 30.3 Å². The standard InChI is InChI=1S/C14H19N2O4.Al/c1-8-5-13(20-9(8)2)14(19)16-10-3-4-11(15-6-10)12(18)7-17;/h3-6,8-9,12-13,17-18H,7H2,1-2H3,(H,16,19);/t8-,9?,12-,13-;/m0./s1. The van der Waals surface area contributed by atoms with Gasteiger partial charge in [-0.25, -0.2) is 0 Å². The zero-order valence-corrected chi connectivity index (χ0v) is 13.2. The molecule has 0 spiro atoms. The highest BCUT2D eigenvalue weighted by atomic mass is 27.0. The summed E-state index contributed by atoms with van der Waals surface area (Å²) in [7, 11) is 0. The molecule has 1 aliphatic rings. The Morgan fingerprint density at radius 3 is 2.71 bits per heavy atom. The van der Waals surface area contributed by atoms with Gasteiger partial charge in [-0.3, -0.25) is 9.78 Å². The summed E-state index contributed by atoms with van der Waals surface area (Å²) in [4.78, 5) is 16.2. The molecular formula is C14H19AlN2O4. The van der Waals surface area contributed by atoms with Crippen LogP contribution in [0.25, 0.3) is 0 Å². The van der Waals surface area contributed by atoms with Crippen molar-refractivity contribution in [2.24, 2.45) is 5.92 Å². The third kappa shape index (κ3) is 3.62. The number of amides is 1. The number of hydrogen-bond donors (Lipinski definition) is 3. The molecule has 2 heterocycles. The molecule has 6 nitrogen and oxygen atoms in total. The van der Waals surface area contributed by atoms with Gasteiger partial charge < -0.3 is 20.3 Å². The highest BCUT2D eigenvalue weighted by Gasteiger charge is 2.39. The van der Waals surface area contributed by atoms with Gasteiger partial charge in [0.1, 0.15) is 28.5 Å². The molecule has 7 heteroatoms. The van der Waals surface area contributed by atoms with E-state index in [1.54, 1.807) is 12.1 Å². The molecule has 1 aromatic heterocycles. The summed E-state index contributed by atoms with van der Waals surface area (Å²) in [5, 5.41) is 21.0. The molecule has 2 unspecified atom stereocenters. The van der Waals surface area contributed by atoms with Gasteiger partial charge in [-0.05, 0) is 25.0 Å². The molecule has 1 amide bonds. The molecule has 1 saturated heterocycles. The van der Waals surface area contributed by atoms with E-state index in [9.17, 15) is 9.90 Å². The Hall–Kier alpha value is -0.968. The van der Waals surface area contributed by atoms with Crippen molar-refractivity contribution in [1.29, 1.82) is 0 Å². The largest absolute Gasteiger partial charge is 0.393 e. The van der Waals surface area contributed by atoms with Gasteiger partial charge in [0.15, 0.2) is 0 Å². The van der Waals surface area contributed by atoms with E-state index < -0.39 is 12.2 Å². The maximum absolute atomic E-state index is 12.2. The van der Waals surface area contributed by atoms with Crippen molar-refractivity contribution in [3.05, 3.63) is 24.0 Å². The van der Waals surface area contributed by atoms with Gasteiger partial charge in [-0.15, -0.1) is 0 Å². The van der Waals surface area contributed by atoms with E-state index in [2.05, 4.69) is 33.5 Å². The van der Waals surface area contributed by atoms with Crippen molar-refractivity contribution in [1.82, 2.24) is 4.98 Å². The molecule has 1 fully saturated rings. The highest BCUT2D eigenvalue weighted by molar-refractivity contribution is 6.15. The second-order valence-corrected chi connectivity index (χ2v) is 6.13. The van der Waals surface area contributed by atoms with E-state index in [0.29, 0.717) is 17.3 Å². The average molecular weight is 306 g/mol. The molecule has 5 atom stereocenters. The fraction of sp³-hybridized carbons (Fsp3) is 0.571. The molecule has 0 aliphatic carbocycles. The second kappa shape index (κ2) is 6.86. The lowest BCUT2D eigenvalue weighted by Gasteiger charge is -2.17. The maximum Gasteiger partial charge on any atom is 0.252 e. The van der Waals surface area contributed by atoms with Gasteiger partial charge in [0, 0.05) is 0 Å². The molecule has 112 valence electrons. The molecule has 0 bridgehead atoms. The summed E-state index contributed by atoms with van der Waals surface area (Å²) in [6.07, 6.45) is -0.0108. The van der Waals surface area contributed by atoms with Gasteiger partial charge in [0.2, 0.25) is 0 Å². The van der Waals surface area contributed by atoms with E-state index in [1.807, 2.05) is 6.92 Å². The number of carbonyl (C=O) groups is 1. The van der Waals surface area contributed by atoms with Crippen molar-refractivity contribution in [3.63, 3.8) is 0 Å². The first kappa shape index (κ1) is 16.4. The molecule has 2 radical (unpaired) electrons. The lowest BCUT2D eigenvalue weighted by molar-refractivity contribution is -0.126. The summed E-state index contributed by atoms with van der Waals surface area (Å²) in [5.74, 6) is 0.0920. The molecule has 1 aliphatic heterocycles. The lowest BCUT2D eigenvalue weighted by Crippen LogP contribution is -2.31. The van der Waals surface area contributed by atoms with Crippen molar-refractivity contribution in [2.75, 3.05) is 11.9 Å². The smallest absolute Gasteiger partial charge is 0.252 e. The number of rotatable bonds is 4. The summed E-state index contributed by atoms with van der Waals surface area (Å²) in [6.45, 7) is 3.63. The molecule has 0 aromatic carbocycles. The normalized spacial score (nSPS) is 30.1. The summed E-state index contributed by atoms with van der Waals surface area (Å²) >= 11 is 2.67. The van der Waals surface area contributed by atoms with E-state index in [0.717, 1.165) is 0 Å². The van der Waals surface area contributed by atoms with E-state index >= 15 is 0 Å². The van der Waals surface area contributed by atoms with Crippen LogP contribution < -0.4 is 5.32 Å². The van der Waals surface area contributed by atoms with Crippen LogP contribution in [-0.4, -0.2) is 56.2 Å². The van der Waals surface area contributed by atoms with Crippen LogP contribution in [0.15, 0.2) is 18.3 Å².